The van der Waals surface area contributed by atoms with E-state index in [9.17, 15) is 5.11 Å². The summed E-state index contributed by atoms with van der Waals surface area (Å²) in [7, 11) is 0. The van der Waals surface area contributed by atoms with Crippen molar-refractivity contribution < 1.29 is 5.11 Å². The summed E-state index contributed by atoms with van der Waals surface area (Å²) in [4.78, 5) is 0. The molecule has 2 fully saturated rings. The lowest BCUT2D eigenvalue weighted by Gasteiger charge is -2.60. The van der Waals surface area contributed by atoms with Gasteiger partial charge < -0.3 is 5.11 Å². The van der Waals surface area contributed by atoms with Crippen LogP contribution in [0.1, 0.15) is 86.5 Å². The van der Waals surface area contributed by atoms with Crippen LogP contribution in [0.4, 0.5) is 0 Å². The number of aliphatic hydroxyl groups excluding tert-OH is 1. The predicted octanol–water partition coefficient (Wildman–Crippen LogP) is 5.66. The fourth-order valence-electron chi connectivity index (χ4n) is 5.78. The summed E-state index contributed by atoms with van der Waals surface area (Å²) in [6, 6.07) is 0. The maximum absolute atomic E-state index is 10.7. The molecule has 0 aromatic carbocycles. The van der Waals surface area contributed by atoms with Crippen LogP contribution in [0.5, 0.6) is 0 Å². The van der Waals surface area contributed by atoms with Gasteiger partial charge in [0.2, 0.25) is 0 Å². The maximum Gasteiger partial charge on any atom is 0.0571 e. The quantitative estimate of drug-likeness (QED) is 0.709. The van der Waals surface area contributed by atoms with Gasteiger partial charge >= 0.3 is 0 Å². The molecule has 2 rings (SSSR count). The van der Waals surface area contributed by atoms with Gasteiger partial charge in [-0.15, -0.1) is 0 Å². The molecule has 0 aliphatic heterocycles. The van der Waals surface area contributed by atoms with Gasteiger partial charge in [0.15, 0.2) is 0 Å². The smallest absolute Gasteiger partial charge is 0.0571 e. The molecular weight excluding hydrogens is 256 g/mol. The minimum atomic E-state index is -0.0811. The Balaban J connectivity index is 2.22. The number of fused-ring (bicyclic) bond motifs is 1. The van der Waals surface area contributed by atoms with Crippen LogP contribution in [0.3, 0.4) is 0 Å². The molecule has 2 aliphatic rings. The summed E-state index contributed by atoms with van der Waals surface area (Å²) in [5, 5.41) is 10.7. The summed E-state index contributed by atoms with van der Waals surface area (Å²) in [6.45, 7) is 14.5. The molecule has 0 bridgehead atoms. The van der Waals surface area contributed by atoms with Crippen LogP contribution in [-0.2, 0) is 0 Å². The minimum absolute atomic E-state index is 0.0811. The molecule has 0 amide bonds. The highest BCUT2D eigenvalue weighted by atomic mass is 16.3. The zero-order valence-electron chi connectivity index (χ0n) is 15.3. The molecule has 2 aliphatic carbocycles. The Morgan fingerprint density at radius 3 is 2.48 bits per heavy atom. The Labute approximate surface area is 132 Å². The van der Waals surface area contributed by atoms with E-state index < -0.39 is 0 Å². The fraction of sp³-hybridized carbons (Fsp3) is 1.00. The van der Waals surface area contributed by atoms with Gasteiger partial charge in [0.05, 0.1) is 6.10 Å². The van der Waals surface area contributed by atoms with E-state index in [1.165, 1.54) is 38.5 Å². The van der Waals surface area contributed by atoms with Crippen molar-refractivity contribution in [2.24, 2.45) is 34.5 Å². The van der Waals surface area contributed by atoms with Gasteiger partial charge in [0.25, 0.3) is 0 Å². The first-order chi connectivity index (χ1) is 9.72. The zero-order valence-corrected chi connectivity index (χ0v) is 15.3. The van der Waals surface area contributed by atoms with E-state index in [2.05, 4.69) is 41.5 Å². The van der Waals surface area contributed by atoms with Crippen LogP contribution in [0.25, 0.3) is 0 Å². The molecule has 6 atom stereocenters. The predicted molar refractivity (Wildman–Crippen MR) is 91.2 cm³/mol. The monoisotopic (exact) mass is 294 g/mol. The largest absolute Gasteiger partial charge is 0.393 e. The van der Waals surface area contributed by atoms with Crippen LogP contribution >= 0.6 is 0 Å². The Bertz CT molecular complexity index is 348. The van der Waals surface area contributed by atoms with Crippen LogP contribution in [-0.4, -0.2) is 11.2 Å². The molecular formula is C20H38O. The van der Waals surface area contributed by atoms with Crippen molar-refractivity contribution in [3.8, 4) is 0 Å². The molecule has 0 unspecified atom stereocenters. The Kier molecular flexibility index (Phi) is 5.13. The van der Waals surface area contributed by atoms with E-state index >= 15 is 0 Å². The molecule has 124 valence electrons. The molecule has 21 heavy (non-hydrogen) atoms. The molecule has 1 N–H and O–H groups in total. The van der Waals surface area contributed by atoms with E-state index in [4.69, 9.17) is 0 Å². The second kappa shape index (κ2) is 6.22. The lowest BCUT2D eigenvalue weighted by atomic mass is 9.45. The number of hydrogen-bond donors (Lipinski definition) is 1. The van der Waals surface area contributed by atoms with E-state index in [1.54, 1.807) is 0 Å². The summed E-state index contributed by atoms with van der Waals surface area (Å²) >= 11 is 0. The minimum Gasteiger partial charge on any atom is -0.393 e. The van der Waals surface area contributed by atoms with Gasteiger partial charge in [-0.1, -0.05) is 60.8 Å². The van der Waals surface area contributed by atoms with Crippen molar-refractivity contribution in [3.63, 3.8) is 0 Å². The SMILES string of the molecule is CC[C@@H](C)CC[C@H]1[C@@H](C)[C@H](O)C[C@H]2C(C)(C)CCC[C@]12C. The first-order valence-corrected chi connectivity index (χ1v) is 9.40. The third kappa shape index (κ3) is 3.19. The molecule has 0 aromatic heterocycles. The topological polar surface area (TPSA) is 20.2 Å². The highest BCUT2D eigenvalue weighted by Crippen LogP contribution is 2.62. The van der Waals surface area contributed by atoms with Crippen molar-refractivity contribution in [2.45, 2.75) is 92.6 Å². The number of aliphatic hydroxyl groups is 1. The van der Waals surface area contributed by atoms with Gasteiger partial charge in [-0.05, 0) is 60.2 Å². The molecule has 1 heteroatoms. The van der Waals surface area contributed by atoms with Gasteiger partial charge in [-0.3, -0.25) is 0 Å². The van der Waals surface area contributed by atoms with Crippen molar-refractivity contribution in [3.05, 3.63) is 0 Å². The van der Waals surface area contributed by atoms with E-state index in [1.807, 2.05) is 0 Å². The zero-order chi connectivity index (χ0) is 15.8. The lowest BCUT2D eigenvalue weighted by molar-refractivity contribution is -0.142. The average molecular weight is 295 g/mol. The van der Waals surface area contributed by atoms with Gasteiger partial charge in [0, 0.05) is 0 Å². The lowest BCUT2D eigenvalue weighted by Crippen LogP contribution is -2.55. The molecule has 0 radical (unpaired) electrons. The standard InChI is InChI=1S/C20H38O/c1-7-14(2)9-10-16-15(3)17(21)13-18-19(4,5)11-8-12-20(16,18)6/h14-18,21H,7-13H2,1-6H3/t14-,15-,16+,17-,18+,20-/m1/s1. The van der Waals surface area contributed by atoms with E-state index in [0.29, 0.717) is 28.6 Å². The third-order valence-corrected chi connectivity index (χ3v) is 7.51. The van der Waals surface area contributed by atoms with Gasteiger partial charge in [-0.2, -0.15) is 0 Å². The maximum atomic E-state index is 10.7. The average Bonchev–Trinajstić information content (AvgIpc) is 2.41. The summed E-state index contributed by atoms with van der Waals surface area (Å²) in [6.07, 6.45) is 8.98. The van der Waals surface area contributed by atoms with Gasteiger partial charge in [0.1, 0.15) is 0 Å². The summed E-state index contributed by atoms with van der Waals surface area (Å²) in [5.41, 5.74) is 0.858. The molecule has 2 saturated carbocycles. The van der Waals surface area contributed by atoms with Crippen LogP contribution in [0, 0.1) is 34.5 Å². The second-order valence-corrected chi connectivity index (χ2v) is 9.26. The van der Waals surface area contributed by atoms with Gasteiger partial charge in [-0.25, -0.2) is 0 Å². The van der Waals surface area contributed by atoms with Crippen molar-refractivity contribution in [2.75, 3.05) is 0 Å². The first-order valence-electron chi connectivity index (χ1n) is 9.40. The highest BCUT2D eigenvalue weighted by Gasteiger charge is 2.55. The molecule has 1 nitrogen and oxygen atoms in total. The highest BCUT2D eigenvalue weighted by molar-refractivity contribution is 5.04. The van der Waals surface area contributed by atoms with Crippen LogP contribution in [0.2, 0.25) is 0 Å². The summed E-state index contributed by atoms with van der Waals surface area (Å²) in [5.74, 6) is 2.71. The Morgan fingerprint density at radius 1 is 1.19 bits per heavy atom. The van der Waals surface area contributed by atoms with Crippen molar-refractivity contribution in [1.29, 1.82) is 0 Å². The molecule has 0 saturated heterocycles. The third-order valence-electron chi connectivity index (χ3n) is 7.51. The van der Waals surface area contributed by atoms with Crippen LogP contribution in [0.15, 0.2) is 0 Å². The molecule has 0 spiro atoms. The Morgan fingerprint density at radius 2 is 1.86 bits per heavy atom. The fourth-order valence-corrected chi connectivity index (χ4v) is 5.78. The normalized spacial score (nSPS) is 44.1. The van der Waals surface area contributed by atoms with E-state index in [0.717, 1.165) is 12.3 Å². The second-order valence-electron chi connectivity index (χ2n) is 9.26. The number of hydrogen-bond acceptors (Lipinski definition) is 1. The Hall–Kier alpha value is -0.0400. The van der Waals surface area contributed by atoms with Crippen LogP contribution < -0.4 is 0 Å². The molecule has 0 heterocycles. The first kappa shape index (κ1) is 17.3. The van der Waals surface area contributed by atoms with Crippen molar-refractivity contribution in [1.82, 2.24) is 0 Å². The summed E-state index contributed by atoms with van der Waals surface area (Å²) < 4.78 is 0. The van der Waals surface area contributed by atoms with E-state index in [-0.39, 0.29) is 6.10 Å². The molecule has 0 aromatic rings. The van der Waals surface area contributed by atoms with Crippen molar-refractivity contribution >= 4 is 0 Å². The number of rotatable bonds is 4.